The molecule has 1 aromatic carbocycles. The van der Waals surface area contributed by atoms with Crippen LogP contribution in [0.3, 0.4) is 0 Å². The van der Waals surface area contributed by atoms with Crippen LogP contribution >= 0.6 is 0 Å². The Morgan fingerprint density at radius 3 is 2.35 bits per heavy atom. The van der Waals surface area contributed by atoms with Gasteiger partial charge in [0.15, 0.2) is 11.6 Å². The van der Waals surface area contributed by atoms with E-state index in [0.29, 0.717) is 12.5 Å². The molecule has 1 aromatic rings. The Labute approximate surface area is 158 Å². The van der Waals surface area contributed by atoms with Crippen LogP contribution in [0, 0.1) is 11.7 Å². The van der Waals surface area contributed by atoms with Gasteiger partial charge in [0.05, 0.1) is 6.61 Å². The van der Waals surface area contributed by atoms with E-state index in [0.717, 1.165) is 43.9 Å². The molecule has 0 unspecified atom stereocenters. The fraction of sp³-hybridized carbons (Fsp3) is 0.538. The second-order valence-corrected chi connectivity index (χ2v) is 5.08. The van der Waals surface area contributed by atoms with Crippen LogP contribution in [0.1, 0.15) is 32.1 Å². The van der Waals surface area contributed by atoms with E-state index in [1.165, 1.54) is 6.42 Å². The molecule has 20 heavy (non-hydrogen) atoms. The van der Waals surface area contributed by atoms with Crippen molar-refractivity contribution in [2.45, 2.75) is 32.1 Å². The average Bonchev–Trinajstić information content (AvgIpc) is 2.37. The summed E-state index contributed by atoms with van der Waals surface area (Å²) in [5.74, 6) is -0.699. The fourth-order valence-corrected chi connectivity index (χ4v) is 2.40. The SMILES string of the molecule is Fc1ccc([B-](F)(F)F)cc1OCC1CCCCC1.[K+]. The van der Waals surface area contributed by atoms with Crippen LogP contribution in [0.4, 0.5) is 17.3 Å². The molecule has 7 heteroatoms. The monoisotopic (exact) mass is 314 g/mol. The molecular formula is C13H16BF4KO. The van der Waals surface area contributed by atoms with Gasteiger partial charge in [-0.3, -0.25) is 0 Å². The van der Waals surface area contributed by atoms with Crippen molar-refractivity contribution < 1.29 is 73.5 Å². The maximum atomic E-state index is 13.4. The molecule has 0 amide bonds. The van der Waals surface area contributed by atoms with E-state index in [1.807, 2.05) is 0 Å². The molecule has 1 aliphatic carbocycles. The van der Waals surface area contributed by atoms with Gasteiger partial charge in [0.1, 0.15) is 0 Å². The van der Waals surface area contributed by atoms with Gasteiger partial charge in [-0.05, 0) is 30.9 Å². The number of ether oxygens (including phenoxy) is 1. The van der Waals surface area contributed by atoms with Crippen molar-refractivity contribution in [3.8, 4) is 5.75 Å². The summed E-state index contributed by atoms with van der Waals surface area (Å²) in [6, 6.07) is 2.34. The Bertz CT molecular complexity index is 433. The van der Waals surface area contributed by atoms with Gasteiger partial charge in [0.25, 0.3) is 0 Å². The zero-order valence-electron chi connectivity index (χ0n) is 11.5. The molecule has 0 aromatic heterocycles. The minimum Gasteiger partial charge on any atom is -0.490 e. The van der Waals surface area contributed by atoms with Crippen molar-refractivity contribution in [3.05, 3.63) is 24.0 Å². The van der Waals surface area contributed by atoms with E-state index >= 15 is 0 Å². The van der Waals surface area contributed by atoms with Crippen LogP contribution < -0.4 is 61.6 Å². The van der Waals surface area contributed by atoms with Crippen molar-refractivity contribution >= 4 is 12.4 Å². The second kappa shape index (κ2) is 8.17. The smallest absolute Gasteiger partial charge is 0.490 e. The van der Waals surface area contributed by atoms with Gasteiger partial charge in [-0.25, -0.2) is 4.39 Å². The molecule has 1 saturated carbocycles. The second-order valence-electron chi connectivity index (χ2n) is 5.08. The van der Waals surface area contributed by atoms with Crippen LogP contribution in [-0.4, -0.2) is 13.6 Å². The molecule has 1 nitrogen and oxygen atoms in total. The van der Waals surface area contributed by atoms with E-state index in [-0.39, 0.29) is 57.1 Å². The number of hydrogen-bond donors (Lipinski definition) is 0. The van der Waals surface area contributed by atoms with E-state index in [9.17, 15) is 17.3 Å². The van der Waals surface area contributed by atoms with Crippen LogP contribution in [0.5, 0.6) is 5.75 Å². The van der Waals surface area contributed by atoms with Crippen LogP contribution in [0.2, 0.25) is 0 Å². The summed E-state index contributed by atoms with van der Waals surface area (Å²) in [6.07, 6.45) is 5.43. The molecule has 1 fully saturated rings. The van der Waals surface area contributed by atoms with Gasteiger partial charge < -0.3 is 17.7 Å². The van der Waals surface area contributed by atoms with Gasteiger partial charge in [0.2, 0.25) is 0 Å². The maximum Gasteiger partial charge on any atom is 1.00 e. The van der Waals surface area contributed by atoms with E-state index < -0.39 is 18.3 Å². The van der Waals surface area contributed by atoms with Gasteiger partial charge >= 0.3 is 58.4 Å². The Morgan fingerprint density at radius 2 is 1.75 bits per heavy atom. The molecule has 0 bridgehead atoms. The summed E-state index contributed by atoms with van der Waals surface area (Å²) in [5, 5.41) is 0. The first-order chi connectivity index (χ1) is 8.97. The van der Waals surface area contributed by atoms with Gasteiger partial charge in [0, 0.05) is 0 Å². The summed E-state index contributed by atoms with van der Waals surface area (Å²) >= 11 is 0. The zero-order chi connectivity index (χ0) is 13.9. The fourth-order valence-electron chi connectivity index (χ4n) is 2.40. The molecule has 0 atom stereocenters. The number of rotatable bonds is 4. The molecule has 0 radical (unpaired) electrons. The summed E-state index contributed by atoms with van der Waals surface area (Å²) < 4.78 is 56.4. The normalized spacial score (nSPS) is 16.6. The zero-order valence-corrected chi connectivity index (χ0v) is 14.7. The van der Waals surface area contributed by atoms with Gasteiger partial charge in [-0.2, -0.15) is 0 Å². The molecule has 106 valence electrons. The summed E-state index contributed by atoms with van der Waals surface area (Å²) in [7, 11) is 0. The molecule has 2 rings (SSSR count). The largest absolute Gasteiger partial charge is 1.00 e. The van der Waals surface area contributed by atoms with Gasteiger partial charge in [-0.15, -0.1) is 5.46 Å². The molecule has 0 heterocycles. The predicted molar refractivity (Wildman–Crippen MR) is 67.2 cm³/mol. The summed E-state index contributed by atoms with van der Waals surface area (Å²) in [6.45, 7) is -4.82. The number of hydrogen-bond acceptors (Lipinski definition) is 1. The first-order valence-corrected chi connectivity index (χ1v) is 6.59. The van der Waals surface area contributed by atoms with Crippen LogP contribution in [0.15, 0.2) is 18.2 Å². The minimum atomic E-state index is -5.12. The molecular weight excluding hydrogens is 298 g/mol. The number of benzene rings is 1. The Kier molecular flexibility index (Phi) is 7.56. The molecule has 0 spiro atoms. The van der Waals surface area contributed by atoms with Crippen molar-refractivity contribution in [1.29, 1.82) is 0 Å². The predicted octanol–water partition coefficient (Wildman–Crippen LogP) is 0.843. The van der Waals surface area contributed by atoms with Crippen LogP contribution in [-0.2, 0) is 0 Å². The van der Waals surface area contributed by atoms with Gasteiger partial charge in [-0.1, -0.05) is 25.3 Å². The Morgan fingerprint density at radius 1 is 1.10 bits per heavy atom. The Balaban J connectivity index is 0.00000200. The molecule has 0 N–H and O–H groups in total. The van der Waals surface area contributed by atoms with Crippen molar-refractivity contribution in [1.82, 2.24) is 0 Å². The minimum absolute atomic E-state index is 0. The topological polar surface area (TPSA) is 9.23 Å². The third-order valence-corrected chi connectivity index (χ3v) is 3.53. The standard InChI is InChI=1S/C13H16BF4O.K/c15-12-7-6-11(14(16,17)18)8-13(12)19-9-10-4-2-1-3-5-10;/h6-8,10H,1-5,9H2;/q-1;+1. The van der Waals surface area contributed by atoms with Crippen LogP contribution in [0.25, 0.3) is 0 Å². The Hall–Kier alpha value is 0.441. The van der Waals surface area contributed by atoms with E-state index in [4.69, 9.17) is 4.74 Å². The van der Waals surface area contributed by atoms with E-state index in [1.54, 1.807) is 0 Å². The maximum absolute atomic E-state index is 13.4. The summed E-state index contributed by atoms with van der Waals surface area (Å²) in [5.41, 5.74) is -0.819. The van der Waals surface area contributed by atoms with E-state index in [2.05, 4.69) is 0 Å². The third kappa shape index (κ3) is 5.33. The van der Waals surface area contributed by atoms with Crippen molar-refractivity contribution in [3.63, 3.8) is 0 Å². The third-order valence-electron chi connectivity index (χ3n) is 3.53. The van der Waals surface area contributed by atoms with Crippen molar-refractivity contribution in [2.24, 2.45) is 5.92 Å². The molecule has 0 saturated heterocycles. The molecule has 1 aliphatic rings. The average molecular weight is 314 g/mol. The molecule has 0 aliphatic heterocycles. The number of halogens is 4. The first kappa shape index (κ1) is 18.5. The first-order valence-electron chi connectivity index (χ1n) is 6.59. The quantitative estimate of drug-likeness (QED) is 0.591. The summed E-state index contributed by atoms with van der Waals surface area (Å²) in [4.78, 5) is 0. The van der Waals surface area contributed by atoms with Crippen molar-refractivity contribution in [2.75, 3.05) is 6.61 Å².